The topological polar surface area (TPSA) is 339 Å². The Hall–Kier alpha value is -5.67. The Kier molecular flexibility index (Phi) is 11.9. The summed E-state index contributed by atoms with van der Waals surface area (Å²) in [5, 5.41) is 46.6. The number of aliphatic hydroxyl groups excluding tert-OH is 3. The first-order valence-corrected chi connectivity index (χ1v) is 22.7. The molecule has 9 unspecified atom stereocenters. The van der Waals surface area contributed by atoms with E-state index < -0.39 is 99.7 Å². The number of nitrogens with one attached hydrogen (secondary N) is 6. The molecule has 21 heteroatoms. The normalized spacial score (nSPS) is 30.0. The van der Waals surface area contributed by atoms with Crippen LogP contribution in [0.2, 0.25) is 0 Å². The molecule has 0 radical (unpaired) electrons. The van der Waals surface area contributed by atoms with E-state index in [1.165, 1.54) is 20.0 Å². The lowest BCUT2D eigenvalue weighted by molar-refractivity contribution is 0.0737. The number of carbonyl (C=O) groups is 3. The molecule has 21 nitrogen and oxygen atoms in total. The first-order valence-electron chi connectivity index (χ1n) is 31.7. The molecular weight excluding hydrogens is 883 g/mol. The number of hydrogen-bond acceptors (Lipinski definition) is 18. The smallest absolute Gasteiger partial charge is 0.254 e. The fourth-order valence-corrected chi connectivity index (χ4v) is 7.74. The van der Waals surface area contributed by atoms with Crippen molar-refractivity contribution in [3.8, 4) is 0 Å². The molecule has 0 saturated heterocycles. The summed E-state index contributed by atoms with van der Waals surface area (Å²) in [6.07, 6.45) is 7.64. The molecule has 3 amide bonds. The molecule has 3 heterocycles. The van der Waals surface area contributed by atoms with Crippen LogP contribution in [-0.2, 0) is 0 Å². The van der Waals surface area contributed by atoms with Gasteiger partial charge in [0, 0.05) is 78.0 Å². The molecule has 69 heavy (non-hydrogen) atoms. The van der Waals surface area contributed by atoms with E-state index in [0.717, 1.165) is 45.0 Å². The molecular formula is C48H81N15O6. The zero-order chi connectivity index (χ0) is 66.6. The Balaban J connectivity index is 0.000000281. The van der Waals surface area contributed by atoms with Crippen molar-refractivity contribution < 1.29 is 54.4 Å². The van der Waals surface area contributed by atoms with Crippen molar-refractivity contribution in [2.45, 2.75) is 193 Å². The van der Waals surface area contributed by atoms with Crippen molar-refractivity contribution >= 4 is 53.0 Å². The lowest BCUT2D eigenvalue weighted by atomic mass is 9.85. The van der Waals surface area contributed by atoms with Gasteiger partial charge < -0.3 is 64.4 Å². The van der Waals surface area contributed by atoms with E-state index >= 15 is 0 Å². The van der Waals surface area contributed by atoms with Crippen LogP contribution >= 0.6 is 0 Å². The lowest BCUT2D eigenvalue weighted by Gasteiger charge is -2.32. The summed E-state index contributed by atoms with van der Waals surface area (Å²) in [4.78, 5) is 59.3. The number of aromatic nitrogens is 6. The quantitative estimate of drug-likeness (QED) is 0.110. The van der Waals surface area contributed by atoms with Gasteiger partial charge in [0.05, 0.1) is 35.0 Å². The molecule has 15 N–H and O–H groups in total. The third-order valence-electron chi connectivity index (χ3n) is 11.7. The van der Waals surface area contributed by atoms with Crippen molar-refractivity contribution in [1.29, 1.82) is 0 Å². The highest BCUT2D eigenvalue weighted by Gasteiger charge is 2.30. The predicted molar refractivity (Wildman–Crippen MR) is 271 cm³/mol. The van der Waals surface area contributed by atoms with Crippen molar-refractivity contribution in [3.05, 3.63) is 35.3 Å². The second kappa shape index (κ2) is 23.8. The summed E-state index contributed by atoms with van der Waals surface area (Å²) in [7, 11) is 0. The minimum Gasteiger partial charge on any atom is -0.393 e. The number of hydrogen-bond donors (Lipinski definition) is 12. The van der Waals surface area contributed by atoms with E-state index in [0.29, 0.717) is 32.1 Å². The number of rotatable bonds is 12. The molecule has 3 aromatic heterocycles. The largest absolute Gasteiger partial charge is 0.393 e. The number of anilines is 6. The summed E-state index contributed by atoms with van der Waals surface area (Å²) < 4.78 is 138. The average molecular weight is 982 g/mol. The number of primary amides is 3. The van der Waals surface area contributed by atoms with E-state index in [2.05, 4.69) is 56.5 Å². The molecule has 3 aliphatic rings. The van der Waals surface area contributed by atoms with Crippen molar-refractivity contribution in [1.82, 2.24) is 29.9 Å². The molecule has 0 aromatic carbocycles. The maximum absolute atomic E-state index is 11.8. The SMILES string of the molecule is [2H]C([2H])([2H])C(C)(C)Nc1ncc(C(N)=O)c(NC2CCC(C)C(O)C2)n1.[2H]C([2H])([2H])C(C)(Nc1ncc(C(N)=O)c(NC2CCC(C)C(O)C2)n1)C([2H])([2H])[2H].[2H]C([2H])([2H])C(Nc1ncc(C(N)=O)c(NC2CCC(C)C(O)C2)n1)(C([2H])([2H])[2H])C([2H])([2H])[2H]. The monoisotopic (exact) mass is 982 g/mol. The first-order chi connectivity index (χ1) is 39.5. The second-order valence-electron chi connectivity index (χ2n) is 18.9. The third kappa shape index (κ3) is 18.3. The Morgan fingerprint density at radius 1 is 0.507 bits per heavy atom. The van der Waals surface area contributed by atoms with Crippen LogP contribution < -0.4 is 49.1 Å². The van der Waals surface area contributed by atoms with Crippen LogP contribution in [0, 0.1) is 17.8 Å². The number of nitrogens with two attached hydrogens (primary N) is 3. The van der Waals surface area contributed by atoms with Crippen LogP contribution in [0.3, 0.4) is 0 Å². The minimum absolute atomic E-state index is 0.0202. The van der Waals surface area contributed by atoms with Gasteiger partial charge in [-0.15, -0.1) is 0 Å². The van der Waals surface area contributed by atoms with Gasteiger partial charge in [-0.25, -0.2) is 15.0 Å². The standard InChI is InChI=1S/3C16H27N5O2/c3*1-9-5-6-10(7-12(9)22)19-14-11(13(17)23)8-18-15(20-14)21-16(2,3)4/h3*8-10,12,22H,5-7H2,1-4H3,(H2,17,23)(H2,18,19,20,21)/i2D3,3D3,4D3;2D3,3D3;2D3. The highest BCUT2D eigenvalue weighted by Crippen LogP contribution is 2.30. The highest BCUT2D eigenvalue weighted by atomic mass is 16.3. The fraction of sp³-hybridized carbons (Fsp3) is 0.688. The Bertz CT molecular complexity index is 2810. The molecule has 3 fully saturated rings. The van der Waals surface area contributed by atoms with Gasteiger partial charge >= 0.3 is 0 Å². The Morgan fingerprint density at radius 2 is 0.783 bits per heavy atom. The van der Waals surface area contributed by atoms with Crippen LogP contribution in [0.15, 0.2) is 18.6 Å². The van der Waals surface area contributed by atoms with Gasteiger partial charge in [-0.05, 0) is 137 Å². The third-order valence-corrected chi connectivity index (χ3v) is 11.7. The van der Waals surface area contributed by atoms with Gasteiger partial charge in [0.15, 0.2) is 0 Å². The van der Waals surface area contributed by atoms with Crippen LogP contribution in [-0.4, -0.2) is 116 Å². The number of amides is 3. The number of nitrogens with zero attached hydrogens (tertiary/aromatic N) is 6. The maximum atomic E-state index is 11.8. The van der Waals surface area contributed by atoms with E-state index in [1.54, 1.807) is 0 Å². The minimum atomic E-state index is -3.51. The Morgan fingerprint density at radius 3 is 1.04 bits per heavy atom. The summed E-state index contributed by atoms with van der Waals surface area (Å²) in [6, 6.07) is -0.545. The van der Waals surface area contributed by atoms with E-state index in [-0.39, 0.29) is 81.9 Å². The fourth-order valence-electron chi connectivity index (χ4n) is 7.74. The molecule has 3 saturated carbocycles. The maximum Gasteiger partial charge on any atom is 0.254 e. The molecule has 3 aromatic rings. The highest BCUT2D eigenvalue weighted by molar-refractivity contribution is 5.98. The van der Waals surface area contributed by atoms with Gasteiger partial charge in [-0.2, -0.15) is 15.0 Å². The zero-order valence-electron chi connectivity index (χ0n) is 57.8. The summed E-state index contributed by atoms with van der Waals surface area (Å²) in [6.45, 7) is -8.62. The van der Waals surface area contributed by atoms with Crippen molar-refractivity contribution in [3.63, 3.8) is 0 Å². The predicted octanol–water partition coefficient (Wildman–Crippen LogP) is 5.24. The van der Waals surface area contributed by atoms with E-state index in [4.69, 9.17) is 41.9 Å². The van der Waals surface area contributed by atoms with Gasteiger partial charge in [0.2, 0.25) is 17.8 Å². The van der Waals surface area contributed by atoms with Crippen LogP contribution in [0.1, 0.15) is 196 Å². The Labute approximate surface area is 432 Å². The van der Waals surface area contributed by atoms with Crippen LogP contribution in [0.25, 0.3) is 0 Å². The van der Waals surface area contributed by atoms with E-state index in [1.807, 2.05) is 26.1 Å². The van der Waals surface area contributed by atoms with Gasteiger partial charge in [-0.3, -0.25) is 14.4 Å². The zero-order valence-corrected chi connectivity index (χ0v) is 39.8. The second-order valence-corrected chi connectivity index (χ2v) is 18.9. The molecule has 0 aliphatic heterocycles. The summed E-state index contributed by atoms with van der Waals surface area (Å²) in [5.74, 6) is -2.54. The van der Waals surface area contributed by atoms with Gasteiger partial charge in [-0.1, -0.05) is 20.8 Å². The summed E-state index contributed by atoms with van der Waals surface area (Å²) in [5.41, 5.74) is 9.12. The average Bonchev–Trinajstić information content (AvgIpc) is 0.740. The molecule has 6 rings (SSSR count). The molecule has 9 atom stereocenters. The van der Waals surface area contributed by atoms with Crippen LogP contribution in [0.5, 0.6) is 0 Å². The van der Waals surface area contributed by atoms with Crippen molar-refractivity contribution in [2.24, 2.45) is 35.0 Å². The molecule has 0 spiro atoms. The molecule has 0 bridgehead atoms. The summed E-state index contributed by atoms with van der Waals surface area (Å²) >= 11 is 0. The molecule has 384 valence electrons. The lowest BCUT2D eigenvalue weighted by Crippen LogP contribution is -2.36. The first kappa shape index (κ1) is 34.6. The van der Waals surface area contributed by atoms with Gasteiger partial charge in [0.25, 0.3) is 17.7 Å². The van der Waals surface area contributed by atoms with Crippen LogP contribution in [0.4, 0.5) is 35.3 Å². The van der Waals surface area contributed by atoms with E-state index in [9.17, 15) is 29.7 Å². The van der Waals surface area contributed by atoms with Gasteiger partial charge in [0.1, 0.15) is 17.5 Å². The van der Waals surface area contributed by atoms with Crippen molar-refractivity contribution in [2.75, 3.05) is 31.9 Å². The number of carbonyl (C=O) groups excluding carboxylic acids is 3. The molecule has 3 aliphatic carbocycles. The number of aliphatic hydroxyl groups is 3.